The van der Waals surface area contributed by atoms with Crippen molar-refractivity contribution < 1.29 is 23.1 Å². The molecule has 1 fully saturated rings. The first-order valence-corrected chi connectivity index (χ1v) is 12.8. The van der Waals surface area contributed by atoms with Gasteiger partial charge in [-0.05, 0) is 36.1 Å². The molecule has 184 valence electrons. The lowest BCUT2D eigenvalue weighted by Gasteiger charge is -2.28. The van der Waals surface area contributed by atoms with Crippen LogP contribution >= 0.6 is 0 Å². The minimum absolute atomic E-state index is 0.0126. The fourth-order valence-electron chi connectivity index (χ4n) is 3.96. The summed E-state index contributed by atoms with van der Waals surface area (Å²) in [5, 5.41) is 13.9. The van der Waals surface area contributed by atoms with Crippen molar-refractivity contribution in [2.75, 3.05) is 30.7 Å². The van der Waals surface area contributed by atoms with Crippen molar-refractivity contribution in [2.24, 2.45) is 0 Å². The van der Waals surface area contributed by atoms with Crippen LogP contribution in [0.15, 0.2) is 42.6 Å². The Hall–Kier alpha value is -3.73. The van der Waals surface area contributed by atoms with Gasteiger partial charge in [0.05, 0.1) is 12.2 Å². The van der Waals surface area contributed by atoms with E-state index in [4.69, 9.17) is 0 Å². The monoisotopic (exact) mass is 497 g/mol. The van der Waals surface area contributed by atoms with Gasteiger partial charge in [0, 0.05) is 38.8 Å². The van der Waals surface area contributed by atoms with Crippen LogP contribution in [-0.4, -0.2) is 66.6 Å². The summed E-state index contributed by atoms with van der Waals surface area (Å²) >= 11 is 0. The number of aromatic nitrogens is 2. The minimum Gasteiger partial charge on any atom is -0.504 e. The predicted octanol–water partition coefficient (Wildman–Crippen LogP) is 1.83. The normalized spacial score (nSPS) is 15.1. The number of hydrogen-bond donors (Lipinski definition) is 2. The third-order valence-electron chi connectivity index (χ3n) is 5.91. The number of fused-ring (bicyclic) bond motifs is 1. The Morgan fingerprint density at radius 2 is 1.86 bits per heavy atom. The molecule has 35 heavy (non-hydrogen) atoms. The standard InChI is InChI=1S/C24H27N5O5S/c1-28(2)19(30)14-16-8-3-4-9-17(16)15-26-24(32)21-22(31)20-18(10-7-11-25-20)23(27-21)29-12-5-6-13-35(29,33)34/h3-4,7-11,31H,5-6,12-15H2,1-2H3,(H,26,32). The van der Waals surface area contributed by atoms with Gasteiger partial charge in [-0.3, -0.25) is 18.9 Å². The van der Waals surface area contributed by atoms with Crippen LogP contribution in [0.5, 0.6) is 5.75 Å². The number of nitrogens with zero attached hydrogens (tertiary/aromatic N) is 4. The van der Waals surface area contributed by atoms with E-state index in [9.17, 15) is 23.1 Å². The Kier molecular flexibility index (Phi) is 6.88. The molecular formula is C24H27N5O5S. The number of rotatable bonds is 6. The Morgan fingerprint density at radius 1 is 1.11 bits per heavy atom. The van der Waals surface area contributed by atoms with Gasteiger partial charge in [0.2, 0.25) is 15.9 Å². The number of anilines is 1. The van der Waals surface area contributed by atoms with E-state index in [-0.39, 0.29) is 48.2 Å². The molecule has 3 heterocycles. The maximum absolute atomic E-state index is 13.1. The molecule has 3 aromatic rings. The molecule has 1 aliphatic rings. The highest BCUT2D eigenvalue weighted by atomic mass is 32.2. The fourth-order valence-corrected chi connectivity index (χ4v) is 5.56. The zero-order valence-corrected chi connectivity index (χ0v) is 20.4. The molecule has 10 nitrogen and oxygen atoms in total. The second kappa shape index (κ2) is 9.87. The van der Waals surface area contributed by atoms with E-state index in [1.807, 2.05) is 12.1 Å². The van der Waals surface area contributed by atoms with Gasteiger partial charge in [-0.2, -0.15) is 0 Å². The molecule has 0 aliphatic carbocycles. The maximum atomic E-state index is 13.1. The van der Waals surface area contributed by atoms with Gasteiger partial charge in [0.25, 0.3) is 5.91 Å². The van der Waals surface area contributed by atoms with E-state index in [0.29, 0.717) is 18.2 Å². The average molecular weight is 498 g/mol. The first kappa shape index (κ1) is 24.4. The molecule has 0 spiro atoms. The SMILES string of the molecule is CN(C)C(=O)Cc1ccccc1CNC(=O)c1nc(N2CCCCS2(=O)=O)c2cccnc2c1O. The van der Waals surface area contributed by atoms with Crippen LogP contribution < -0.4 is 9.62 Å². The number of sulfonamides is 1. The van der Waals surface area contributed by atoms with Gasteiger partial charge in [-0.1, -0.05) is 24.3 Å². The van der Waals surface area contributed by atoms with E-state index in [1.54, 1.807) is 38.4 Å². The van der Waals surface area contributed by atoms with Crippen molar-refractivity contribution in [3.8, 4) is 5.75 Å². The topological polar surface area (TPSA) is 133 Å². The van der Waals surface area contributed by atoms with E-state index < -0.39 is 21.7 Å². The van der Waals surface area contributed by atoms with Gasteiger partial charge >= 0.3 is 0 Å². The molecular weight excluding hydrogens is 470 g/mol. The summed E-state index contributed by atoms with van der Waals surface area (Å²) in [6.45, 7) is 0.326. The summed E-state index contributed by atoms with van der Waals surface area (Å²) in [7, 11) is -0.258. The highest BCUT2D eigenvalue weighted by Crippen LogP contribution is 2.35. The first-order valence-electron chi connectivity index (χ1n) is 11.2. The van der Waals surface area contributed by atoms with Gasteiger partial charge in [-0.25, -0.2) is 13.4 Å². The molecule has 0 unspecified atom stereocenters. The lowest BCUT2D eigenvalue weighted by molar-refractivity contribution is -0.127. The van der Waals surface area contributed by atoms with E-state index >= 15 is 0 Å². The number of amides is 2. The highest BCUT2D eigenvalue weighted by molar-refractivity contribution is 7.92. The Balaban J connectivity index is 1.67. The summed E-state index contributed by atoms with van der Waals surface area (Å²) in [6.07, 6.45) is 2.85. The highest BCUT2D eigenvalue weighted by Gasteiger charge is 2.31. The fraction of sp³-hybridized carbons (Fsp3) is 0.333. The number of pyridine rings is 2. The van der Waals surface area contributed by atoms with Crippen molar-refractivity contribution in [3.63, 3.8) is 0 Å². The minimum atomic E-state index is -3.61. The summed E-state index contributed by atoms with van der Waals surface area (Å²) < 4.78 is 26.7. The molecule has 0 saturated carbocycles. The Bertz CT molecular complexity index is 1390. The summed E-state index contributed by atoms with van der Waals surface area (Å²) in [5.74, 6) is -1.11. The number of carbonyl (C=O) groups is 2. The molecule has 0 atom stereocenters. The van der Waals surface area contributed by atoms with Crippen molar-refractivity contribution >= 4 is 38.6 Å². The molecule has 2 amide bonds. The van der Waals surface area contributed by atoms with Crippen LogP contribution in [0.2, 0.25) is 0 Å². The second-order valence-electron chi connectivity index (χ2n) is 8.54. The van der Waals surface area contributed by atoms with Gasteiger partial charge in [0.1, 0.15) is 5.52 Å². The third-order valence-corrected chi connectivity index (χ3v) is 7.75. The molecule has 2 N–H and O–H groups in total. The molecule has 2 aromatic heterocycles. The first-order chi connectivity index (χ1) is 16.7. The lowest BCUT2D eigenvalue weighted by Crippen LogP contribution is -2.39. The largest absolute Gasteiger partial charge is 0.504 e. The summed E-state index contributed by atoms with van der Waals surface area (Å²) in [5.41, 5.74) is 1.30. The number of carbonyl (C=O) groups excluding carboxylic acids is 2. The van der Waals surface area contributed by atoms with Crippen LogP contribution in [0, 0.1) is 0 Å². The zero-order valence-electron chi connectivity index (χ0n) is 19.6. The predicted molar refractivity (Wildman–Crippen MR) is 132 cm³/mol. The molecule has 1 saturated heterocycles. The van der Waals surface area contributed by atoms with E-state index in [1.165, 1.54) is 15.4 Å². The van der Waals surface area contributed by atoms with Gasteiger partial charge in [-0.15, -0.1) is 0 Å². The average Bonchev–Trinajstić information content (AvgIpc) is 2.84. The molecule has 11 heteroatoms. The smallest absolute Gasteiger partial charge is 0.274 e. The summed E-state index contributed by atoms with van der Waals surface area (Å²) in [6, 6.07) is 10.5. The molecule has 4 rings (SSSR count). The van der Waals surface area contributed by atoms with Gasteiger partial charge in [0.15, 0.2) is 17.3 Å². The van der Waals surface area contributed by atoms with Crippen LogP contribution in [0.25, 0.3) is 10.9 Å². The van der Waals surface area contributed by atoms with Crippen molar-refractivity contribution in [1.29, 1.82) is 0 Å². The van der Waals surface area contributed by atoms with Crippen molar-refractivity contribution in [2.45, 2.75) is 25.8 Å². The number of likely N-dealkylation sites (N-methyl/N-ethyl adjacent to an activating group) is 1. The number of benzene rings is 1. The number of nitrogens with one attached hydrogen (secondary N) is 1. The second-order valence-corrected chi connectivity index (χ2v) is 10.6. The quantitative estimate of drug-likeness (QED) is 0.531. The molecule has 1 aliphatic heterocycles. The Labute approximate surface area is 203 Å². The van der Waals surface area contributed by atoms with E-state index in [2.05, 4.69) is 15.3 Å². The van der Waals surface area contributed by atoms with Crippen molar-refractivity contribution in [1.82, 2.24) is 20.2 Å². The molecule has 0 radical (unpaired) electrons. The lowest BCUT2D eigenvalue weighted by atomic mass is 10.0. The summed E-state index contributed by atoms with van der Waals surface area (Å²) in [4.78, 5) is 35.3. The Morgan fingerprint density at radius 3 is 2.57 bits per heavy atom. The number of aromatic hydroxyl groups is 1. The third kappa shape index (κ3) is 5.04. The van der Waals surface area contributed by atoms with Crippen molar-refractivity contribution in [3.05, 3.63) is 59.4 Å². The molecule has 1 aromatic carbocycles. The molecule has 0 bridgehead atoms. The van der Waals surface area contributed by atoms with Crippen LogP contribution in [0.4, 0.5) is 5.82 Å². The zero-order chi connectivity index (χ0) is 25.2. The van der Waals surface area contributed by atoms with E-state index in [0.717, 1.165) is 11.1 Å². The van der Waals surface area contributed by atoms with Crippen LogP contribution in [0.3, 0.4) is 0 Å². The van der Waals surface area contributed by atoms with Crippen LogP contribution in [0.1, 0.15) is 34.5 Å². The maximum Gasteiger partial charge on any atom is 0.274 e. The number of hydrogen-bond acceptors (Lipinski definition) is 7. The van der Waals surface area contributed by atoms with Crippen LogP contribution in [-0.2, 0) is 27.8 Å². The van der Waals surface area contributed by atoms with Gasteiger partial charge < -0.3 is 15.3 Å².